The molecule has 0 aliphatic carbocycles. The zero-order chi connectivity index (χ0) is 7.56. The van der Waals surface area contributed by atoms with Crippen molar-refractivity contribution in [1.82, 2.24) is 0 Å². The summed E-state index contributed by atoms with van der Waals surface area (Å²) >= 11 is 0. The van der Waals surface area contributed by atoms with Gasteiger partial charge >= 0.3 is 5.97 Å². The Hall–Kier alpha value is -0.674. The Morgan fingerprint density at radius 1 is 1.36 bits per heavy atom. The number of benzene rings is 1. The molecule has 0 saturated heterocycles. The minimum Gasteiger partial charge on any atom is -0.478 e. The average Bonchev–Trinajstić information content (AvgIpc) is 1.88. The summed E-state index contributed by atoms with van der Waals surface area (Å²) in [7, 11) is 0. The molecule has 1 aromatic rings. The Labute approximate surface area is 78.3 Å². The van der Waals surface area contributed by atoms with Crippen LogP contribution in [0, 0.1) is 6.92 Å². The van der Waals surface area contributed by atoms with Gasteiger partial charge in [0.1, 0.15) is 0 Å². The van der Waals surface area contributed by atoms with Crippen molar-refractivity contribution in [1.29, 1.82) is 0 Å². The number of carboxylic acids is 1. The van der Waals surface area contributed by atoms with E-state index in [4.69, 9.17) is 5.11 Å². The van der Waals surface area contributed by atoms with Crippen LogP contribution in [0.1, 0.15) is 15.9 Å². The normalized spacial score (nSPS) is 8.45. The fraction of sp³-hybridized carbons (Fsp3) is 0.125. The van der Waals surface area contributed by atoms with Crippen molar-refractivity contribution in [2.45, 2.75) is 6.92 Å². The molecule has 2 nitrogen and oxygen atoms in total. The van der Waals surface area contributed by atoms with E-state index < -0.39 is 5.97 Å². The van der Waals surface area contributed by atoms with Crippen LogP contribution in [0.3, 0.4) is 0 Å². The minimum absolute atomic E-state index is 0. The van der Waals surface area contributed by atoms with Gasteiger partial charge in [0.2, 0.25) is 0 Å². The van der Waals surface area contributed by atoms with Gasteiger partial charge in [0.05, 0.1) is 5.56 Å². The largest absolute Gasteiger partial charge is 0.478 e. The molecule has 11 heavy (non-hydrogen) atoms. The summed E-state index contributed by atoms with van der Waals surface area (Å²) in [4.78, 5) is 10.4. The molecule has 1 rings (SSSR count). The van der Waals surface area contributed by atoms with E-state index in [0.717, 1.165) is 5.56 Å². The van der Waals surface area contributed by atoms with Gasteiger partial charge in [-0.25, -0.2) is 4.79 Å². The van der Waals surface area contributed by atoms with E-state index in [2.05, 4.69) is 0 Å². The summed E-state index contributed by atoms with van der Waals surface area (Å²) in [6, 6.07) is 6.92. The van der Waals surface area contributed by atoms with Crippen molar-refractivity contribution in [2.75, 3.05) is 0 Å². The molecule has 0 aliphatic rings. The third-order valence-electron chi connectivity index (χ3n) is 1.38. The SMILES string of the molecule is Cc1ccccc1C(=O)O.[Ga]. The van der Waals surface area contributed by atoms with E-state index in [1.54, 1.807) is 25.1 Å². The molecule has 55 valence electrons. The van der Waals surface area contributed by atoms with Gasteiger partial charge in [0.15, 0.2) is 0 Å². The molecule has 1 N–H and O–H groups in total. The fourth-order valence-electron chi connectivity index (χ4n) is 0.813. The molecule has 0 unspecified atom stereocenters. The number of hydrogen-bond acceptors (Lipinski definition) is 1. The molecule has 0 heterocycles. The quantitative estimate of drug-likeness (QED) is 0.703. The van der Waals surface area contributed by atoms with Crippen LogP contribution >= 0.6 is 0 Å². The Balaban J connectivity index is 0.000001000. The molecule has 0 atom stereocenters. The molecule has 3 heteroatoms. The maximum atomic E-state index is 10.4. The Bertz CT molecular complexity index is 258. The van der Waals surface area contributed by atoms with E-state index in [0.29, 0.717) is 5.56 Å². The topological polar surface area (TPSA) is 37.3 Å². The zero-order valence-electron chi connectivity index (χ0n) is 6.24. The van der Waals surface area contributed by atoms with Crippen molar-refractivity contribution < 1.29 is 9.90 Å². The number of rotatable bonds is 1. The molecule has 0 aromatic heterocycles. The van der Waals surface area contributed by atoms with Crippen molar-refractivity contribution in [3.8, 4) is 0 Å². The number of carboxylic acid groups (broad SMARTS) is 1. The van der Waals surface area contributed by atoms with Crippen molar-refractivity contribution >= 4 is 25.8 Å². The first kappa shape index (κ1) is 10.3. The molecule has 0 aliphatic heterocycles. The van der Waals surface area contributed by atoms with Crippen molar-refractivity contribution in [3.05, 3.63) is 35.4 Å². The molecular formula is C8H8GaO2. The Kier molecular flexibility index (Phi) is 3.99. The van der Waals surface area contributed by atoms with Crippen LogP contribution in [-0.4, -0.2) is 30.9 Å². The summed E-state index contributed by atoms with van der Waals surface area (Å²) in [5, 5.41) is 8.57. The summed E-state index contributed by atoms with van der Waals surface area (Å²) in [5.41, 5.74) is 1.18. The minimum atomic E-state index is -0.863. The van der Waals surface area contributed by atoms with Gasteiger partial charge in [0, 0.05) is 19.8 Å². The van der Waals surface area contributed by atoms with E-state index in [1.165, 1.54) is 0 Å². The van der Waals surface area contributed by atoms with Gasteiger partial charge in [0.25, 0.3) is 0 Å². The van der Waals surface area contributed by atoms with Crippen molar-refractivity contribution in [2.24, 2.45) is 0 Å². The zero-order valence-corrected chi connectivity index (χ0v) is 8.66. The van der Waals surface area contributed by atoms with Crippen LogP contribution in [0.2, 0.25) is 0 Å². The third-order valence-corrected chi connectivity index (χ3v) is 1.38. The predicted octanol–water partition coefficient (Wildman–Crippen LogP) is 1.31. The van der Waals surface area contributed by atoms with Gasteiger partial charge in [-0.3, -0.25) is 0 Å². The standard InChI is InChI=1S/C8H8O2.Ga/c1-6-4-2-3-5-7(6)8(9)10;/h2-5H,1H3,(H,9,10);. The number of carbonyl (C=O) groups is 1. The third kappa shape index (κ3) is 2.44. The second-order valence-electron chi connectivity index (χ2n) is 2.12. The van der Waals surface area contributed by atoms with E-state index in [1.807, 2.05) is 6.07 Å². The molecule has 0 fully saturated rings. The molecule has 0 saturated carbocycles. The monoisotopic (exact) mass is 205 g/mol. The van der Waals surface area contributed by atoms with Gasteiger partial charge in [-0.2, -0.15) is 0 Å². The average molecular weight is 206 g/mol. The smallest absolute Gasteiger partial charge is 0.335 e. The van der Waals surface area contributed by atoms with Crippen LogP contribution < -0.4 is 0 Å². The van der Waals surface area contributed by atoms with Crippen LogP contribution in [-0.2, 0) is 0 Å². The number of aryl methyl sites for hydroxylation is 1. The first-order chi connectivity index (χ1) is 4.72. The molecule has 0 amide bonds. The Morgan fingerprint density at radius 2 is 1.91 bits per heavy atom. The number of hydrogen-bond donors (Lipinski definition) is 1. The molecule has 3 radical (unpaired) electrons. The van der Waals surface area contributed by atoms with Crippen LogP contribution in [0.25, 0.3) is 0 Å². The van der Waals surface area contributed by atoms with Crippen LogP contribution in [0.15, 0.2) is 24.3 Å². The Morgan fingerprint density at radius 3 is 2.27 bits per heavy atom. The van der Waals surface area contributed by atoms with Crippen molar-refractivity contribution in [3.63, 3.8) is 0 Å². The van der Waals surface area contributed by atoms with E-state index in [-0.39, 0.29) is 19.8 Å². The van der Waals surface area contributed by atoms with Gasteiger partial charge in [-0.15, -0.1) is 0 Å². The first-order valence-corrected chi connectivity index (χ1v) is 3.01. The molecular weight excluding hydrogens is 198 g/mol. The van der Waals surface area contributed by atoms with Crippen LogP contribution in [0.5, 0.6) is 0 Å². The van der Waals surface area contributed by atoms with E-state index in [9.17, 15) is 4.79 Å². The maximum Gasteiger partial charge on any atom is 0.335 e. The summed E-state index contributed by atoms with van der Waals surface area (Å²) in [6.07, 6.45) is 0. The number of aromatic carboxylic acids is 1. The predicted molar refractivity (Wildman–Crippen MR) is 43.9 cm³/mol. The summed E-state index contributed by atoms with van der Waals surface area (Å²) in [6.45, 7) is 1.78. The van der Waals surface area contributed by atoms with Gasteiger partial charge < -0.3 is 5.11 Å². The second kappa shape index (κ2) is 4.26. The first-order valence-electron chi connectivity index (χ1n) is 3.01. The fourth-order valence-corrected chi connectivity index (χ4v) is 0.813. The second-order valence-corrected chi connectivity index (χ2v) is 2.12. The molecule has 0 spiro atoms. The van der Waals surface area contributed by atoms with Gasteiger partial charge in [-0.05, 0) is 18.6 Å². The maximum absolute atomic E-state index is 10.4. The summed E-state index contributed by atoms with van der Waals surface area (Å²) in [5.74, 6) is -0.863. The van der Waals surface area contributed by atoms with E-state index >= 15 is 0 Å². The molecule has 1 aromatic carbocycles. The van der Waals surface area contributed by atoms with Crippen LogP contribution in [0.4, 0.5) is 0 Å². The summed E-state index contributed by atoms with van der Waals surface area (Å²) < 4.78 is 0. The molecule has 0 bridgehead atoms. The van der Waals surface area contributed by atoms with Gasteiger partial charge in [-0.1, -0.05) is 18.2 Å².